The Morgan fingerprint density at radius 3 is 1.75 bits per heavy atom. The Kier molecular flexibility index (Phi) is 4.00. The van der Waals surface area contributed by atoms with Crippen molar-refractivity contribution in [3.63, 3.8) is 0 Å². The number of fused-ring (bicyclic) bond motifs is 3. The fourth-order valence-electron chi connectivity index (χ4n) is 4.53. The van der Waals surface area contributed by atoms with Gasteiger partial charge < -0.3 is 4.55 Å². The van der Waals surface area contributed by atoms with E-state index in [9.17, 15) is 8.76 Å². The monoisotopic (exact) mass is 382 g/mol. The lowest BCUT2D eigenvalue weighted by Gasteiger charge is -2.33. The van der Waals surface area contributed by atoms with Gasteiger partial charge in [-0.15, -0.1) is 0 Å². The van der Waals surface area contributed by atoms with Gasteiger partial charge in [-0.25, -0.2) is 4.21 Å². The van der Waals surface area contributed by atoms with Crippen molar-refractivity contribution in [2.45, 2.75) is 10.3 Å². The second kappa shape index (κ2) is 6.55. The van der Waals surface area contributed by atoms with Crippen LogP contribution < -0.4 is 0 Å². The van der Waals surface area contributed by atoms with E-state index in [-0.39, 0.29) is 0 Å². The average Bonchev–Trinajstić information content (AvgIpc) is 3.05. The zero-order valence-corrected chi connectivity index (χ0v) is 15.9. The lowest BCUT2D eigenvalue weighted by Crippen LogP contribution is -2.28. The third kappa shape index (κ3) is 2.34. The van der Waals surface area contributed by atoms with Gasteiger partial charge >= 0.3 is 0 Å². The molecule has 136 valence electrons. The minimum Gasteiger partial charge on any atom is -0.302 e. The highest BCUT2D eigenvalue weighted by atomic mass is 32.2. The van der Waals surface area contributed by atoms with Crippen LogP contribution in [0, 0.1) is 0 Å². The molecule has 4 aromatic rings. The van der Waals surface area contributed by atoms with Crippen molar-refractivity contribution in [3.05, 3.63) is 125 Å². The first-order chi connectivity index (χ1) is 13.7. The highest BCUT2D eigenvalue weighted by Crippen LogP contribution is 2.56. The molecule has 0 heterocycles. The highest BCUT2D eigenvalue weighted by Gasteiger charge is 2.46. The highest BCUT2D eigenvalue weighted by molar-refractivity contribution is 7.79. The van der Waals surface area contributed by atoms with Gasteiger partial charge in [0.05, 0.1) is 10.3 Å². The van der Waals surface area contributed by atoms with E-state index in [0.717, 1.165) is 22.3 Å². The Labute approximate surface area is 166 Å². The molecule has 0 amide bonds. The molecule has 1 aliphatic carbocycles. The first-order valence-electron chi connectivity index (χ1n) is 9.19. The summed E-state index contributed by atoms with van der Waals surface area (Å²) in [5, 5.41) is 0. The first-order valence-corrected chi connectivity index (χ1v) is 10.3. The summed E-state index contributed by atoms with van der Waals surface area (Å²) < 4.78 is 21.6. The van der Waals surface area contributed by atoms with Gasteiger partial charge in [0.25, 0.3) is 0 Å². The fraction of sp³-hybridized carbons (Fsp3) is 0.0400. The Bertz CT molecular complexity index is 1140. The summed E-state index contributed by atoms with van der Waals surface area (Å²) in [5.74, 6) is 0. The van der Waals surface area contributed by atoms with Crippen LogP contribution in [0.1, 0.15) is 22.3 Å². The number of benzene rings is 4. The van der Waals surface area contributed by atoms with E-state index < -0.39 is 16.5 Å². The second-order valence-electron chi connectivity index (χ2n) is 6.98. The molecule has 0 aromatic heterocycles. The summed E-state index contributed by atoms with van der Waals surface area (Å²) in [7, 11) is 0. The molecule has 0 saturated carbocycles. The van der Waals surface area contributed by atoms with E-state index in [1.807, 2.05) is 30.3 Å². The lowest BCUT2D eigenvalue weighted by atomic mass is 9.68. The number of hydrogen-bond acceptors (Lipinski definition) is 1. The molecule has 0 saturated heterocycles. The maximum Gasteiger partial charge on any atom is 0.186 e. The molecule has 0 fully saturated rings. The molecule has 0 radical (unpaired) electrons. The minimum atomic E-state index is -2.03. The van der Waals surface area contributed by atoms with Crippen LogP contribution >= 0.6 is 0 Å². The van der Waals surface area contributed by atoms with Crippen LogP contribution in [0.4, 0.5) is 0 Å². The van der Waals surface area contributed by atoms with Gasteiger partial charge in [0.2, 0.25) is 0 Å². The van der Waals surface area contributed by atoms with E-state index in [0.29, 0.717) is 4.90 Å². The Morgan fingerprint density at radius 2 is 1.14 bits per heavy atom. The van der Waals surface area contributed by atoms with Crippen LogP contribution in [0.5, 0.6) is 0 Å². The minimum absolute atomic E-state index is 0.419. The van der Waals surface area contributed by atoms with Crippen LogP contribution in [0.15, 0.2) is 108 Å². The quantitative estimate of drug-likeness (QED) is 0.411. The standard InChI is InChI=1S/C25H18O2S/c26-28(27)20-15-16-22-21-13-7-8-14-23(21)25(24(22)17-20,18-9-3-1-4-10-18)19-11-5-2-6-12-19/h1-17H,(H,26,27). The first kappa shape index (κ1) is 17.1. The second-order valence-corrected chi connectivity index (χ2v) is 7.95. The van der Waals surface area contributed by atoms with Crippen molar-refractivity contribution in [1.82, 2.24) is 0 Å². The molecule has 0 aliphatic heterocycles. The summed E-state index contributed by atoms with van der Waals surface area (Å²) in [6.07, 6.45) is 0. The van der Waals surface area contributed by atoms with Gasteiger partial charge in [0, 0.05) is 0 Å². The van der Waals surface area contributed by atoms with Crippen LogP contribution in [-0.2, 0) is 16.5 Å². The Balaban J connectivity index is 1.97. The molecule has 1 atom stereocenters. The zero-order valence-electron chi connectivity index (χ0n) is 15.1. The van der Waals surface area contributed by atoms with Crippen LogP contribution in [0.2, 0.25) is 0 Å². The largest absolute Gasteiger partial charge is 0.302 e. The molecule has 4 aromatic carbocycles. The molecule has 2 nitrogen and oxygen atoms in total. The number of hydrogen-bond donors (Lipinski definition) is 1. The van der Waals surface area contributed by atoms with Crippen molar-refractivity contribution in [3.8, 4) is 11.1 Å². The van der Waals surface area contributed by atoms with Crippen LogP contribution in [-0.4, -0.2) is 8.76 Å². The van der Waals surface area contributed by atoms with Gasteiger partial charge in [0.1, 0.15) is 0 Å². The Hall–Kier alpha value is -3.01. The summed E-state index contributed by atoms with van der Waals surface area (Å²) in [5.41, 5.74) is 6.29. The summed E-state index contributed by atoms with van der Waals surface area (Å²) in [6, 6.07) is 34.8. The lowest BCUT2D eigenvalue weighted by molar-refractivity contribution is 0.564. The van der Waals surface area contributed by atoms with E-state index in [1.54, 1.807) is 6.07 Å². The van der Waals surface area contributed by atoms with E-state index in [1.165, 1.54) is 11.1 Å². The van der Waals surface area contributed by atoms with Gasteiger partial charge in [-0.05, 0) is 45.5 Å². The molecule has 28 heavy (non-hydrogen) atoms. The predicted octanol–water partition coefficient (Wildman–Crippen LogP) is 5.63. The average molecular weight is 382 g/mol. The van der Waals surface area contributed by atoms with E-state index >= 15 is 0 Å². The number of rotatable bonds is 3. The maximum absolute atomic E-state index is 11.9. The van der Waals surface area contributed by atoms with Gasteiger partial charge in [0.15, 0.2) is 11.1 Å². The smallest absolute Gasteiger partial charge is 0.186 e. The Morgan fingerprint density at radius 1 is 0.607 bits per heavy atom. The van der Waals surface area contributed by atoms with Gasteiger partial charge in [-0.2, -0.15) is 0 Å². The fourth-order valence-corrected chi connectivity index (χ4v) is 4.94. The molecule has 0 bridgehead atoms. The third-order valence-electron chi connectivity index (χ3n) is 5.63. The normalized spacial score (nSPS) is 14.9. The molecule has 3 heteroatoms. The summed E-state index contributed by atoms with van der Waals surface area (Å²) in [6.45, 7) is 0. The van der Waals surface area contributed by atoms with E-state index in [2.05, 4.69) is 66.7 Å². The third-order valence-corrected chi connectivity index (χ3v) is 6.29. The van der Waals surface area contributed by atoms with Crippen molar-refractivity contribution in [2.24, 2.45) is 0 Å². The van der Waals surface area contributed by atoms with Crippen molar-refractivity contribution in [2.75, 3.05) is 0 Å². The molecule has 1 N–H and O–H groups in total. The van der Waals surface area contributed by atoms with Crippen LogP contribution in [0.25, 0.3) is 11.1 Å². The van der Waals surface area contributed by atoms with E-state index in [4.69, 9.17) is 0 Å². The molecule has 0 spiro atoms. The molecule has 1 unspecified atom stereocenters. The molecule has 1 aliphatic rings. The van der Waals surface area contributed by atoms with Crippen molar-refractivity contribution in [1.29, 1.82) is 0 Å². The SMILES string of the molecule is O=S(O)c1ccc2c(c1)C(c1ccccc1)(c1ccccc1)c1ccccc1-2. The van der Waals surface area contributed by atoms with Gasteiger partial charge in [-0.3, -0.25) is 0 Å². The van der Waals surface area contributed by atoms with Crippen molar-refractivity contribution >= 4 is 11.1 Å². The zero-order chi connectivity index (χ0) is 19.1. The topological polar surface area (TPSA) is 37.3 Å². The molecular formula is C25H18O2S. The summed E-state index contributed by atoms with van der Waals surface area (Å²) in [4.78, 5) is 0.419. The molecule has 5 rings (SSSR count). The van der Waals surface area contributed by atoms with Gasteiger partial charge in [-0.1, -0.05) is 91.0 Å². The van der Waals surface area contributed by atoms with Crippen molar-refractivity contribution < 1.29 is 8.76 Å². The molecular weight excluding hydrogens is 364 g/mol. The summed E-state index contributed by atoms with van der Waals surface area (Å²) >= 11 is -2.03. The van der Waals surface area contributed by atoms with Crippen LogP contribution in [0.3, 0.4) is 0 Å². The predicted molar refractivity (Wildman–Crippen MR) is 113 cm³/mol. The maximum atomic E-state index is 11.9.